The molecule has 1 aliphatic rings. The Morgan fingerprint density at radius 3 is 2.91 bits per heavy atom. The summed E-state index contributed by atoms with van der Waals surface area (Å²) < 4.78 is 2.31. The molecule has 9 nitrogen and oxygen atoms in total. The Kier molecular flexibility index (Phi) is 5.79. The Morgan fingerprint density at radius 2 is 2.12 bits per heavy atom. The summed E-state index contributed by atoms with van der Waals surface area (Å²) in [6.07, 6.45) is 11.2. The second kappa shape index (κ2) is 9.02. The average Bonchev–Trinajstić information content (AvgIpc) is 3.43. The van der Waals surface area contributed by atoms with Crippen LogP contribution in [0.4, 0.5) is 0 Å². The number of hydrogen-bond acceptors (Lipinski definition) is 7. The molecular weight excluding hydrogens is 404 g/mol. The van der Waals surface area contributed by atoms with Crippen molar-refractivity contribution >= 4 is 22.1 Å². The number of H-pyrrole nitrogens is 1. The van der Waals surface area contributed by atoms with E-state index in [0.717, 1.165) is 59.3 Å². The van der Waals surface area contributed by atoms with Gasteiger partial charge in [0, 0.05) is 43.2 Å². The predicted octanol–water partition coefficient (Wildman–Crippen LogP) is 3.00. The minimum absolute atomic E-state index is 0.291. The lowest BCUT2D eigenvalue weighted by Crippen LogP contribution is -2.32. The molecule has 3 N–H and O–H groups in total. The molecule has 0 bridgehead atoms. The maximum atomic E-state index is 10.7. The van der Waals surface area contributed by atoms with Gasteiger partial charge in [0.1, 0.15) is 29.5 Å². The van der Waals surface area contributed by atoms with Gasteiger partial charge in [-0.3, -0.25) is 5.32 Å². The number of nitriles is 1. The van der Waals surface area contributed by atoms with E-state index in [1.165, 1.54) is 6.33 Å². The van der Waals surface area contributed by atoms with E-state index in [1.807, 2.05) is 18.3 Å². The van der Waals surface area contributed by atoms with E-state index in [9.17, 15) is 5.11 Å². The van der Waals surface area contributed by atoms with E-state index >= 15 is 0 Å². The van der Waals surface area contributed by atoms with Gasteiger partial charge in [-0.1, -0.05) is 0 Å². The highest BCUT2D eigenvalue weighted by Crippen LogP contribution is 2.38. The fourth-order valence-electron chi connectivity index (χ4n) is 4.80. The summed E-state index contributed by atoms with van der Waals surface area (Å²) in [6, 6.07) is 6.47. The molecule has 9 heteroatoms. The van der Waals surface area contributed by atoms with Crippen LogP contribution in [-0.4, -0.2) is 40.8 Å². The predicted molar refractivity (Wildman–Crippen MR) is 119 cm³/mol. The summed E-state index contributed by atoms with van der Waals surface area (Å²) in [6.45, 7) is 0.451. The molecule has 0 saturated heterocycles. The number of aromatic nitrogens is 6. The molecule has 1 aliphatic carbocycles. The van der Waals surface area contributed by atoms with Crippen LogP contribution in [0, 0.1) is 17.2 Å². The van der Waals surface area contributed by atoms with Crippen LogP contribution in [0.2, 0.25) is 0 Å². The Bertz CT molecular complexity index is 1230. The Balaban J connectivity index is 1.44. The first-order valence-corrected chi connectivity index (χ1v) is 11.1. The molecule has 0 spiro atoms. The van der Waals surface area contributed by atoms with E-state index < -0.39 is 6.23 Å². The molecule has 0 radical (unpaired) electrons. The number of aliphatic hydroxyl groups is 1. The lowest BCUT2D eigenvalue weighted by Gasteiger charge is -2.30. The summed E-state index contributed by atoms with van der Waals surface area (Å²) in [7, 11) is 0. The Morgan fingerprint density at radius 1 is 1.25 bits per heavy atom. The van der Waals surface area contributed by atoms with Crippen molar-refractivity contribution in [2.45, 2.75) is 57.3 Å². The first-order valence-electron chi connectivity index (χ1n) is 11.1. The van der Waals surface area contributed by atoms with Gasteiger partial charge >= 0.3 is 0 Å². The summed E-state index contributed by atoms with van der Waals surface area (Å²) in [4.78, 5) is 20.7. The summed E-state index contributed by atoms with van der Waals surface area (Å²) in [5.41, 5.74) is 3.57. The second-order valence-electron chi connectivity index (χ2n) is 8.47. The first-order chi connectivity index (χ1) is 15.7. The molecular formula is C23H26N8O. The monoisotopic (exact) mass is 430 g/mol. The lowest BCUT2D eigenvalue weighted by atomic mass is 9.84. The topological polar surface area (TPSA) is 128 Å². The van der Waals surface area contributed by atoms with E-state index in [1.54, 1.807) is 12.4 Å². The van der Waals surface area contributed by atoms with Gasteiger partial charge in [0.15, 0.2) is 0 Å². The SMILES string of the molecule is N#CCC1CCC(n2c(CC(O)NCc3ccncn3)nc3cnc4[nH]ccc4c32)CC1. The van der Waals surface area contributed by atoms with Crippen molar-refractivity contribution in [2.75, 3.05) is 0 Å². The van der Waals surface area contributed by atoms with Crippen LogP contribution >= 0.6 is 0 Å². The van der Waals surface area contributed by atoms with Crippen LogP contribution in [0.15, 0.2) is 37.1 Å². The zero-order chi connectivity index (χ0) is 21.9. The average molecular weight is 431 g/mol. The maximum absolute atomic E-state index is 10.7. The maximum Gasteiger partial charge on any atom is 0.139 e. The van der Waals surface area contributed by atoms with Crippen molar-refractivity contribution in [2.24, 2.45) is 5.92 Å². The van der Waals surface area contributed by atoms with Crippen molar-refractivity contribution in [1.82, 2.24) is 34.8 Å². The highest BCUT2D eigenvalue weighted by molar-refractivity contribution is 6.01. The molecule has 164 valence electrons. The quantitative estimate of drug-likeness (QED) is 0.384. The van der Waals surface area contributed by atoms with Crippen molar-refractivity contribution in [3.8, 4) is 6.07 Å². The molecule has 5 rings (SSSR count). The number of rotatable bonds is 7. The number of fused-ring (bicyclic) bond motifs is 3. The number of imidazole rings is 1. The highest BCUT2D eigenvalue weighted by atomic mass is 16.3. The van der Waals surface area contributed by atoms with Crippen LogP contribution in [0.5, 0.6) is 0 Å². The molecule has 32 heavy (non-hydrogen) atoms. The third-order valence-corrected chi connectivity index (χ3v) is 6.41. The molecule has 0 aromatic carbocycles. The van der Waals surface area contributed by atoms with Gasteiger partial charge < -0.3 is 14.7 Å². The summed E-state index contributed by atoms with van der Waals surface area (Å²) in [5.74, 6) is 1.32. The molecule has 4 heterocycles. The van der Waals surface area contributed by atoms with Crippen LogP contribution in [0.3, 0.4) is 0 Å². The lowest BCUT2D eigenvalue weighted by molar-refractivity contribution is 0.130. The molecule has 1 unspecified atom stereocenters. The van der Waals surface area contributed by atoms with Gasteiger partial charge in [-0.2, -0.15) is 5.26 Å². The van der Waals surface area contributed by atoms with E-state index in [0.29, 0.717) is 31.3 Å². The van der Waals surface area contributed by atoms with Crippen molar-refractivity contribution < 1.29 is 5.11 Å². The minimum atomic E-state index is -0.759. The molecule has 4 aromatic heterocycles. The zero-order valence-corrected chi connectivity index (χ0v) is 17.8. The van der Waals surface area contributed by atoms with Crippen molar-refractivity contribution in [3.05, 3.63) is 48.6 Å². The van der Waals surface area contributed by atoms with E-state index in [4.69, 9.17) is 10.2 Å². The normalized spacial score (nSPS) is 19.9. The van der Waals surface area contributed by atoms with Gasteiger partial charge in [0.25, 0.3) is 0 Å². The van der Waals surface area contributed by atoms with Crippen LogP contribution in [-0.2, 0) is 13.0 Å². The Labute approximate surface area is 185 Å². The summed E-state index contributed by atoms with van der Waals surface area (Å²) in [5, 5.41) is 24.0. The molecule has 0 aliphatic heterocycles. The molecule has 1 fully saturated rings. The fourth-order valence-corrected chi connectivity index (χ4v) is 4.80. The largest absolute Gasteiger partial charge is 0.378 e. The standard InChI is InChI=1S/C23H26N8O/c24-8-5-15-1-3-17(4-2-15)31-20(11-21(32)27-12-16-6-9-25-14-29-16)30-19-13-28-23-18(22(19)31)7-10-26-23/h6-7,9-10,13-15,17,21,27,32H,1-5,11-12H2,(H,26,28). The van der Waals surface area contributed by atoms with Crippen LogP contribution in [0.25, 0.3) is 22.1 Å². The van der Waals surface area contributed by atoms with Crippen molar-refractivity contribution in [1.29, 1.82) is 5.26 Å². The second-order valence-corrected chi connectivity index (χ2v) is 8.47. The summed E-state index contributed by atoms with van der Waals surface area (Å²) >= 11 is 0. The van der Waals surface area contributed by atoms with Gasteiger partial charge in [0.2, 0.25) is 0 Å². The van der Waals surface area contributed by atoms with Crippen molar-refractivity contribution in [3.63, 3.8) is 0 Å². The number of pyridine rings is 1. The smallest absolute Gasteiger partial charge is 0.139 e. The number of aromatic amines is 1. The third kappa shape index (κ3) is 4.07. The van der Waals surface area contributed by atoms with Gasteiger partial charge in [-0.05, 0) is 43.7 Å². The van der Waals surface area contributed by atoms with Gasteiger partial charge in [-0.15, -0.1) is 0 Å². The van der Waals surface area contributed by atoms with Crippen LogP contribution in [0.1, 0.15) is 49.7 Å². The van der Waals surface area contributed by atoms with E-state index in [2.05, 4.69) is 35.9 Å². The van der Waals surface area contributed by atoms with E-state index in [-0.39, 0.29) is 0 Å². The first kappa shape index (κ1) is 20.5. The highest BCUT2D eigenvalue weighted by Gasteiger charge is 2.27. The number of hydrogen-bond donors (Lipinski definition) is 3. The molecule has 1 atom stereocenters. The zero-order valence-electron chi connectivity index (χ0n) is 17.8. The molecule has 0 amide bonds. The number of aliphatic hydroxyl groups excluding tert-OH is 1. The Hall–Kier alpha value is -3.35. The minimum Gasteiger partial charge on any atom is -0.378 e. The number of nitrogens with zero attached hydrogens (tertiary/aromatic N) is 6. The fraction of sp³-hybridized carbons (Fsp3) is 0.435. The third-order valence-electron chi connectivity index (χ3n) is 6.41. The molecule has 4 aromatic rings. The van der Waals surface area contributed by atoms with Gasteiger partial charge in [-0.25, -0.2) is 19.9 Å². The van der Waals surface area contributed by atoms with Gasteiger partial charge in [0.05, 0.1) is 23.5 Å². The van der Waals surface area contributed by atoms with Crippen LogP contribution < -0.4 is 5.32 Å². The molecule has 1 saturated carbocycles. The number of nitrogens with one attached hydrogen (secondary N) is 2.